The lowest BCUT2D eigenvalue weighted by molar-refractivity contribution is 0.0787. The molecule has 0 fully saturated rings. The molecule has 1 heterocycles. The van der Waals surface area contributed by atoms with Gasteiger partial charge in [0, 0.05) is 17.6 Å². The van der Waals surface area contributed by atoms with Gasteiger partial charge in [0.05, 0.1) is 19.2 Å². The van der Waals surface area contributed by atoms with Gasteiger partial charge in [-0.25, -0.2) is 0 Å². The van der Waals surface area contributed by atoms with E-state index in [9.17, 15) is 4.79 Å². The fourth-order valence-electron chi connectivity index (χ4n) is 1.76. The molecule has 2 rings (SSSR count). The van der Waals surface area contributed by atoms with Crippen molar-refractivity contribution in [3.8, 4) is 5.75 Å². The summed E-state index contributed by atoms with van der Waals surface area (Å²) in [6.45, 7) is 0.577. The number of thiophene rings is 1. The number of rotatable bonds is 4. The van der Waals surface area contributed by atoms with E-state index in [1.165, 1.54) is 0 Å². The predicted octanol–water partition coefficient (Wildman–Crippen LogP) is 2.61. The maximum atomic E-state index is 12.4. The van der Waals surface area contributed by atoms with Crippen LogP contribution in [0.2, 0.25) is 0 Å². The van der Waals surface area contributed by atoms with E-state index in [0.29, 0.717) is 23.5 Å². The Kier molecular flexibility index (Phi) is 4.06. The van der Waals surface area contributed by atoms with E-state index in [0.717, 1.165) is 4.88 Å². The monoisotopic (exact) mass is 276 g/mol. The molecule has 1 aromatic carbocycles. The standard InChI is InChI=1S/C14H16N2O2S/c1-16(9-11-4-3-7-19-11)14(17)12-8-10(18-2)5-6-13(12)15/h3-8H,9,15H2,1-2H3. The molecule has 0 aliphatic rings. The summed E-state index contributed by atoms with van der Waals surface area (Å²) < 4.78 is 5.12. The minimum atomic E-state index is -0.107. The molecule has 0 atom stereocenters. The zero-order valence-electron chi connectivity index (χ0n) is 10.9. The lowest BCUT2D eigenvalue weighted by Crippen LogP contribution is -2.26. The third kappa shape index (κ3) is 3.06. The first-order valence-corrected chi connectivity index (χ1v) is 6.71. The minimum Gasteiger partial charge on any atom is -0.497 e. The van der Waals surface area contributed by atoms with Crippen molar-refractivity contribution in [2.45, 2.75) is 6.54 Å². The van der Waals surface area contributed by atoms with Gasteiger partial charge in [-0.15, -0.1) is 11.3 Å². The Morgan fingerprint density at radius 2 is 2.21 bits per heavy atom. The van der Waals surface area contributed by atoms with Crippen LogP contribution in [0.5, 0.6) is 5.75 Å². The zero-order chi connectivity index (χ0) is 13.8. The normalized spacial score (nSPS) is 10.2. The Labute approximate surface area is 116 Å². The van der Waals surface area contributed by atoms with E-state index in [1.54, 1.807) is 48.6 Å². The number of benzene rings is 1. The summed E-state index contributed by atoms with van der Waals surface area (Å²) in [6.07, 6.45) is 0. The smallest absolute Gasteiger partial charge is 0.256 e. The maximum absolute atomic E-state index is 12.4. The first kappa shape index (κ1) is 13.4. The average molecular weight is 276 g/mol. The van der Waals surface area contributed by atoms with Gasteiger partial charge in [0.25, 0.3) is 5.91 Å². The molecule has 1 aromatic heterocycles. The van der Waals surface area contributed by atoms with Gasteiger partial charge in [0.2, 0.25) is 0 Å². The van der Waals surface area contributed by atoms with E-state index >= 15 is 0 Å². The van der Waals surface area contributed by atoms with Crippen molar-refractivity contribution in [1.82, 2.24) is 4.90 Å². The van der Waals surface area contributed by atoms with Crippen molar-refractivity contribution in [3.63, 3.8) is 0 Å². The van der Waals surface area contributed by atoms with Crippen molar-refractivity contribution < 1.29 is 9.53 Å². The molecule has 0 unspecified atom stereocenters. The molecule has 4 nitrogen and oxygen atoms in total. The summed E-state index contributed by atoms with van der Waals surface area (Å²) in [5.74, 6) is 0.520. The highest BCUT2D eigenvalue weighted by molar-refractivity contribution is 7.09. The largest absolute Gasteiger partial charge is 0.497 e. The summed E-state index contributed by atoms with van der Waals surface area (Å²) in [6, 6.07) is 9.07. The summed E-state index contributed by atoms with van der Waals surface area (Å²) in [7, 11) is 3.33. The predicted molar refractivity (Wildman–Crippen MR) is 77.5 cm³/mol. The number of anilines is 1. The lowest BCUT2D eigenvalue weighted by Gasteiger charge is -2.17. The molecule has 2 N–H and O–H groups in total. The van der Waals surface area contributed by atoms with Crippen molar-refractivity contribution in [1.29, 1.82) is 0 Å². The van der Waals surface area contributed by atoms with Crippen LogP contribution in [0.4, 0.5) is 5.69 Å². The number of carbonyl (C=O) groups is 1. The molecule has 19 heavy (non-hydrogen) atoms. The Morgan fingerprint density at radius 3 is 2.84 bits per heavy atom. The SMILES string of the molecule is COc1ccc(N)c(C(=O)N(C)Cc2cccs2)c1. The number of hydrogen-bond donors (Lipinski definition) is 1. The summed E-state index contributed by atoms with van der Waals surface area (Å²) in [4.78, 5) is 15.1. The first-order valence-electron chi connectivity index (χ1n) is 5.83. The molecule has 100 valence electrons. The van der Waals surface area contributed by atoms with E-state index in [1.807, 2.05) is 17.5 Å². The molecule has 0 saturated heterocycles. The van der Waals surface area contributed by atoms with Crippen LogP contribution in [0.3, 0.4) is 0 Å². The highest BCUT2D eigenvalue weighted by Gasteiger charge is 2.16. The van der Waals surface area contributed by atoms with Gasteiger partial charge in [0.1, 0.15) is 5.75 Å². The number of methoxy groups -OCH3 is 1. The van der Waals surface area contributed by atoms with Crippen LogP contribution in [-0.4, -0.2) is 25.0 Å². The van der Waals surface area contributed by atoms with E-state index in [4.69, 9.17) is 10.5 Å². The van der Waals surface area contributed by atoms with Gasteiger partial charge >= 0.3 is 0 Å². The van der Waals surface area contributed by atoms with Gasteiger partial charge in [-0.05, 0) is 29.6 Å². The summed E-state index contributed by atoms with van der Waals surface area (Å²) in [5, 5.41) is 1.99. The quantitative estimate of drug-likeness (QED) is 0.873. The fourth-order valence-corrected chi connectivity index (χ4v) is 2.52. The Balaban J connectivity index is 2.18. The van der Waals surface area contributed by atoms with Crippen molar-refractivity contribution in [2.75, 3.05) is 19.9 Å². The maximum Gasteiger partial charge on any atom is 0.256 e. The molecule has 5 heteroatoms. The van der Waals surface area contributed by atoms with Gasteiger partial charge in [-0.2, -0.15) is 0 Å². The molecule has 0 saturated carbocycles. The van der Waals surface area contributed by atoms with Crippen molar-refractivity contribution in [3.05, 3.63) is 46.2 Å². The van der Waals surface area contributed by atoms with Crippen LogP contribution in [-0.2, 0) is 6.54 Å². The molecule has 0 spiro atoms. The second kappa shape index (κ2) is 5.75. The highest BCUT2D eigenvalue weighted by Crippen LogP contribution is 2.21. The van der Waals surface area contributed by atoms with E-state index in [-0.39, 0.29) is 5.91 Å². The minimum absolute atomic E-state index is 0.107. The van der Waals surface area contributed by atoms with Crippen LogP contribution in [0.15, 0.2) is 35.7 Å². The number of ether oxygens (including phenoxy) is 1. The lowest BCUT2D eigenvalue weighted by atomic mass is 10.1. The molecule has 2 aromatic rings. The topological polar surface area (TPSA) is 55.6 Å². The first-order chi connectivity index (χ1) is 9.11. The third-order valence-corrected chi connectivity index (χ3v) is 3.67. The van der Waals surface area contributed by atoms with Crippen LogP contribution in [0, 0.1) is 0 Å². The van der Waals surface area contributed by atoms with Gasteiger partial charge in [0.15, 0.2) is 0 Å². The number of nitrogen functional groups attached to an aromatic ring is 1. The van der Waals surface area contributed by atoms with Crippen LogP contribution in [0.1, 0.15) is 15.2 Å². The zero-order valence-corrected chi connectivity index (χ0v) is 11.7. The van der Waals surface area contributed by atoms with Gasteiger partial charge in [-0.3, -0.25) is 4.79 Å². The Bertz CT molecular complexity index is 567. The molecule has 1 amide bonds. The Hall–Kier alpha value is -2.01. The van der Waals surface area contributed by atoms with E-state index in [2.05, 4.69) is 0 Å². The van der Waals surface area contributed by atoms with Crippen LogP contribution in [0.25, 0.3) is 0 Å². The number of nitrogens with two attached hydrogens (primary N) is 1. The molecular weight excluding hydrogens is 260 g/mol. The van der Waals surface area contributed by atoms with Crippen LogP contribution < -0.4 is 10.5 Å². The molecule has 0 aliphatic carbocycles. The molecule has 0 radical (unpaired) electrons. The second-order valence-electron chi connectivity index (χ2n) is 4.19. The van der Waals surface area contributed by atoms with Gasteiger partial charge < -0.3 is 15.4 Å². The number of carbonyl (C=O) groups excluding carboxylic acids is 1. The second-order valence-corrected chi connectivity index (χ2v) is 5.23. The Morgan fingerprint density at radius 1 is 1.42 bits per heavy atom. The molecular formula is C14H16N2O2S. The van der Waals surface area contributed by atoms with Crippen molar-refractivity contribution in [2.24, 2.45) is 0 Å². The summed E-state index contributed by atoms with van der Waals surface area (Å²) >= 11 is 1.63. The highest BCUT2D eigenvalue weighted by atomic mass is 32.1. The average Bonchev–Trinajstić information content (AvgIpc) is 2.91. The number of hydrogen-bond acceptors (Lipinski definition) is 4. The number of amides is 1. The van der Waals surface area contributed by atoms with E-state index < -0.39 is 0 Å². The fraction of sp³-hybridized carbons (Fsp3) is 0.214. The number of nitrogens with zero attached hydrogens (tertiary/aromatic N) is 1. The summed E-state index contributed by atoms with van der Waals surface area (Å²) in [5.41, 5.74) is 6.79. The van der Waals surface area contributed by atoms with Crippen LogP contribution >= 0.6 is 11.3 Å². The van der Waals surface area contributed by atoms with Crippen molar-refractivity contribution >= 4 is 22.9 Å². The molecule has 0 bridgehead atoms. The molecule has 0 aliphatic heterocycles. The third-order valence-electron chi connectivity index (χ3n) is 2.81. The van der Waals surface area contributed by atoms with Gasteiger partial charge in [-0.1, -0.05) is 6.07 Å².